The van der Waals surface area contributed by atoms with E-state index < -0.39 is 0 Å². The number of aromatic nitrogens is 2. The van der Waals surface area contributed by atoms with Crippen LogP contribution < -0.4 is 5.32 Å². The molecule has 17 heavy (non-hydrogen) atoms. The van der Waals surface area contributed by atoms with E-state index in [1.165, 1.54) is 5.56 Å². The summed E-state index contributed by atoms with van der Waals surface area (Å²) in [5.74, 6) is 0. The molecule has 0 aliphatic carbocycles. The van der Waals surface area contributed by atoms with Crippen LogP contribution in [0.25, 0.3) is 0 Å². The van der Waals surface area contributed by atoms with Crippen LogP contribution in [0.3, 0.4) is 0 Å². The number of hydrogen-bond acceptors (Lipinski definition) is 2. The minimum absolute atomic E-state index is 0.730. The van der Waals surface area contributed by atoms with Gasteiger partial charge in [-0.2, -0.15) is 5.10 Å². The zero-order valence-electron chi connectivity index (χ0n) is 9.64. The Hall–Kier alpha value is -0.750. The van der Waals surface area contributed by atoms with E-state index in [0.717, 1.165) is 32.2 Å². The Labute approximate surface area is 119 Å². The van der Waals surface area contributed by atoms with Gasteiger partial charge in [0.2, 0.25) is 0 Å². The molecule has 1 aromatic carbocycles. The SMILES string of the molecule is Cc1n[nH]c(C)c1CNc1cc(I)ccc1Cl. The summed E-state index contributed by atoms with van der Waals surface area (Å²) in [6.07, 6.45) is 0. The van der Waals surface area contributed by atoms with Gasteiger partial charge in [0.05, 0.1) is 16.4 Å². The molecule has 3 nitrogen and oxygen atoms in total. The minimum Gasteiger partial charge on any atom is -0.380 e. The fraction of sp³-hybridized carbons (Fsp3) is 0.250. The van der Waals surface area contributed by atoms with Crippen LogP contribution in [0, 0.1) is 17.4 Å². The van der Waals surface area contributed by atoms with Crippen LogP contribution in [0.5, 0.6) is 0 Å². The summed E-state index contributed by atoms with van der Waals surface area (Å²) in [5.41, 5.74) is 4.27. The zero-order chi connectivity index (χ0) is 12.4. The monoisotopic (exact) mass is 361 g/mol. The summed E-state index contributed by atoms with van der Waals surface area (Å²) in [5, 5.41) is 11.2. The van der Waals surface area contributed by atoms with Gasteiger partial charge in [0.1, 0.15) is 0 Å². The van der Waals surface area contributed by atoms with Gasteiger partial charge in [-0.05, 0) is 54.6 Å². The van der Waals surface area contributed by atoms with Crippen molar-refractivity contribution in [2.45, 2.75) is 20.4 Å². The Morgan fingerprint density at radius 1 is 1.41 bits per heavy atom. The van der Waals surface area contributed by atoms with Crippen molar-refractivity contribution in [2.75, 3.05) is 5.32 Å². The molecule has 0 atom stereocenters. The molecule has 0 unspecified atom stereocenters. The van der Waals surface area contributed by atoms with Crippen molar-refractivity contribution in [1.82, 2.24) is 10.2 Å². The molecule has 0 amide bonds. The van der Waals surface area contributed by atoms with E-state index >= 15 is 0 Å². The molecule has 0 saturated carbocycles. The lowest BCUT2D eigenvalue weighted by molar-refractivity contribution is 1.02. The number of hydrogen-bond donors (Lipinski definition) is 2. The molecule has 0 fully saturated rings. The molecule has 0 aliphatic heterocycles. The highest BCUT2D eigenvalue weighted by Gasteiger charge is 2.07. The molecule has 2 rings (SSSR count). The van der Waals surface area contributed by atoms with Gasteiger partial charge in [0, 0.05) is 21.4 Å². The van der Waals surface area contributed by atoms with Crippen molar-refractivity contribution in [2.24, 2.45) is 0 Å². The summed E-state index contributed by atoms with van der Waals surface area (Å²) in [6.45, 7) is 4.75. The van der Waals surface area contributed by atoms with Crippen molar-refractivity contribution in [1.29, 1.82) is 0 Å². The minimum atomic E-state index is 0.730. The van der Waals surface area contributed by atoms with Gasteiger partial charge < -0.3 is 5.32 Å². The normalized spacial score (nSPS) is 10.6. The van der Waals surface area contributed by atoms with Crippen LogP contribution in [-0.4, -0.2) is 10.2 Å². The zero-order valence-corrected chi connectivity index (χ0v) is 12.6. The first kappa shape index (κ1) is 12.7. The number of anilines is 1. The number of benzene rings is 1. The first-order chi connectivity index (χ1) is 8.08. The second kappa shape index (κ2) is 5.27. The first-order valence-corrected chi connectivity index (χ1v) is 6.73. The Kier molecular flexibility index (Phi) is 3.93. The van der Waals surface area contributed by atoms with Gasteiger partial charge in [-0.15, -0.1) is 0 Å². The highest BCUT2D eigenvalue weighted by molar-refractivity contribution is 14.1. The number of nitrogens with one attached hydrogen (secondary N) is 2. The van der Waals surface area contributed by atoms with E-state index in [0.29, 0.717) is 0 Å². The van der Waals surface area contributed by atoms with Gasteiger partial charge in [-0.1, -0.05) is 11.6 Å². The van der Waals surface area contributed by atoms with Gasteiger partial charge >= 0.3 is 0 Å². The molecular formula is C12H13ClIN3. The second-order valence-electron chi connectivity index (χ2n) is 3.89. The predicted octanol–water partition coefficient (Wildman–Crippen LogP) is 3.90. The first-order valence-electron chi connectivity index (χ1n) is 5.27. The van der Waals surface area contributed by atoms with Gasteiger partial charge in [0.15, 0.2) is 0 Å². The molecule has 0 saturated heterocycles. The summed E-state index contributed by atoms with van der Waals surface area (Å²) < 4.78 is 1.16. The average molecular weight is 362 g/mol. The Morgan fingerprint density at radius 2 is 2.18 bits per heavy atom. The van der Waals surface area contributed by atoms with Crippen molar-refractivity contribution >= 4 is 39.9 Å². The molecule has 1 heterocycles. The molecule has 90 valence electrons. The van der Waals surface area contributed by atoms with Crippen LogP contribution in [0.1, 0.15) is 17.0 Å². The van der Waals surface area contributed by atoms with E-state index in [4.69, 9.17) is 11.6 Å². The maximum Gasteiger partial charge on any atom is 0.0643 e. The molecule has 0 spiro atoms. The van der Waals surface area contributed by atoms with Gasteiger partial charge in [-0.25, -0.2) is 0 Å². The molecule has 2 N–H and O–H groups in total. The maximum atomic E-state index is 6.13. The quantitative estimate of drug-likeness (QED) is 0.814. The van der Waals surface area contributed by atoms with Crippen LogP contribution in [-0.2, 0) is 6.54 Å². The number of halogens is 2. The van der Waals surface area contributed by atoms with Crippen LogP contribution in [0.4, 0.5) is 5.69 Å². The van der Waals surface area contributed by atoms with Crippen molar-refractivity contribution in [3.05, 3.63) is 43.7 Å². The summed E-state index contributed by atoms with van der Waals surface area (Å²) in [7, 11) is 0. The third-order valence-corrected chi connectivity index (χ3v) is 3.67. The van der Waals surface area contributed by atoms with Crippen LogP contribution in [0.15, 0.2) is 18.2 Å². The molecule has 0 radical (unpaired) electrons. The lowest BCUT2D eigenvalue weighted by Crippen LogP contribution is -2.02. The number of aromatic amines is 1. The van der Waals surface area contributed by atoms with Crippen LogP contribution in [0.2, 0.25) is 5.02 Å². The number of rotatable bonds is 3. The van der Waals surface area contributed by atoms with Crippen molar-refractivity contribution in [3.63, 3.8) is 0 Å². The summed E-state index contributed by atoms with van der Waals surface area (Å²) in [4.78, 5) is 0. The van der Waals surface area contributed by atoms with E-state index in [2.05, 4.69) is 38.1 Å². The fourth-order valence-corrected chi connectivity index (χ4v) is 2.33. The predicted molar refractivity (Wildman–Crippen MR) is 79.6 cm³/mol. The van der Waals surface area contributed by atoms with E-state index in [-0.39, 0.29) is 0 Å². The lowest BCUT2D eigenvalue weighted by Gasteiger charge is -2.09. The molecular weight excluding hydrogens is 349 g/mol. The Balaban J connectivity index is 2.15. The average Bonchev–Trinajstić information content (AvgIpc) is 2.61. The standard InChI is InChI=1S/C12H13ClIN3/c1-7-10(8(2)17-16-7)6-15-12-5-9(14)3-4-11(12)13/h3-5,15H,6H2,1-2H3,(H,16,17). The Morgan fingerprint density at radius 3 is 2.82 bits per heavy atom. The lowest BCUT2D eigenvalue weighted by atomic mass is 10.2. The highest BCUT2D eigenvalue weighted by Crippen LogP contribution is 2.24. The fourth-order valence-electron chi connectivity index (χ4n) is 1.65. The number of nitrogens with zero attached hydrogens (tertiary/aromatic N) is 1. The third kappa shape index (κ3) is 2.93. The largest absolute Gasteiger partial charge is 0.380 e. The molecule has 2 aromatic rings. The summed E-state index contributed by atoms with van der Waals surface area (Å²) >= 11 is 8.40. The number of aryl methyl sites for hydroxylation is 2. The van der Waals surface area contributed by atoms with E-state index in [1.54, 1.807) is 0 Å². The van der Waals surface area contributed by atoms with Crippen molar-refractivity contribution in [3.8, 4) is 0 Å². The summed E-state index contributed by atoms with van der Waals surface area (Å²) in [6, 6.07) is 5.93. The third-order valence-electron chi connectivity index (χ3n) is 2.66. The van der Waals surface area contributed by atoms with Gasteiger partial charge in [-0.3, -0.25) is 5.10 Å². The smallest absolute Gasteiger partial charge is 0.0643 e. The van der Waals surface area contributed by atoms with Gasteiger partial charge in [0.25, 0.3) is 0 Å². The second-order valence-corrected chi connectivity index (χ2v) is 5.54. The topological polar surface area (TPSA) is 40.7 Å². The van der Waals surface area contributed by atoms with E-state index in [1.807, 2.05) is 32.0 Å². The Bertz CT molecular complexity index is 517. The van der Waals surface area contributed by atoms with Crippen LogP contribution >= 0.6 is 34.2 Å². The molecule has 1 aromatic heterocycles. The number of H-pyrrole nitrogens is 1. The molecule has 5 heteroatoms. The van der Waals surface area contributed by atoms with E-state index in [9.17, 15) is 0 Å². The van der Waals surface area contributed by atoms with Crippen molar-refractivity contribution < 1.29 is 0 Å². The molecule has 0 bridgehead atoms. The highest BCUT2D eigenvalue weighted by atomic mass is 127. The molecule has 0 aliphatic rings. The maximum absolute atomic E-state index is 6.13.